The number of aromatic nitrogens is 4. The van der Waals surface area contributed by atoms with E-state index in [-0.39, 0.29) is 5.91 Å². The minimum atomic E-state index is -0.0684. The van der Waals surface area contributed by atoms with Crippen molar-refractivity contribution < 1.29 is 4.79 Å². The van der Waals surface area contributed by atoms with Gasteiger partial charge >= 0.3 is 0 Å². The molecule has 4 aromatic rings. The Labute approximate surface area is 167 Å². The van der Waals surface area contributed by atoms with Crippen molar-refractivity contribution in [2.45, 2.75) is 26.3 Å². The van der Waals surface area contributed by atoms with Gasteiger partial charge in [0.1, 0.15) is 5.82 Å². The second kappa shape index (κ2) is 7.86. The van der Waals surface area contributed by atoms with E-state index in [2.05, 4.69) is 32.8 Å². The highest BCUT2D eigenvalue weighted by molar-refractivity contribution is 6.32. The highest BCUT2D eigenvalue weighted by atomic mass is 35.5. The Morgan fingerprint density at radius 1 is 1.21 bits per heavy atom. The minimum Gasteiger partial charge on any atom is -0.328 e. The molecule has 0 aliphatic rings. The molecular formula is C21H20ClN5O. The molecule has 142 valence electrons. The molecule has 1 amide bonds. The number of hydrogen-bond donors (Lipinski definition) is 1. The molecule has 2 heterocycles. The van der Waals surface area contributed by atoms with Crippen LogP contribution in [0.15, 0.2) is 61.2 Å². The van der Waals surface area contributed by atoms with Gasteiger partial charge in [-0.15, -0.1) is 0 Å². The molecule has 0 bridgehead atoms. The SMILES string of the molecule is CCn1c(CCC(=O)Nc2ccc(-n3ccnc3)c(Cl)c2)nc2ccccc21. The molecule has 0 atom stereocenters. The first kappa shape index (κ1) is 18.3. The standard InChI is InChI=1S/C21H20ClN5O/c1-2-27-19-6-4-3-5-17(19)25-20(27)9-10-21(28)24-15-7-8-18(16(22)13-15)26-12-11-23-14-26/h3-8,11-14H,2,9-10H2,1H3,(H,24,28). The lowest BCUT2D eigenvalue weighted by Gasteiger charge is -2.10. The number of benzene rings is 2. The molecule has 0 unspecified atom stereocenters. The third-order valence-electron chi connectivity index (χ3n) is 4.64. The molecule has 0 aliphatic carbocycles. The molecule has 0 aliphatic heterocycles. The van der Waals surface area contributed by atoms with Crippen LogP contribution >= 0.6 is 11.6 Å². The zero-order chi connectivity index (χ0) is 19.5. The molecule has 0 fully saturated rings. The molecule has 0 saturated heterocycles. The lowest BCUT2D eigenvalue weighted by Crippen LogP contribution is -2.14. The number of hydrogen-bond acceptors (Lipinski definition) is 3. The van der Waals surface area contributed by atoms with E-state index in [0.717, 1.165) is 29.1 Å². The summed E-state index contributed by atoms with van der Waals surface area (Å²) in [6, 6.07) is 13.5. The number of para-hydroxylation sites is 2. The van der Waals surface area contributed by atoms with Crippen molar-refractivity contribution in [3.63, 3.8) is 0 Å². The van der Waals surface area contributed by atoms with Crippen molar-refractivity contribution >= 4 is 34.2 Å². The Morgan fingerprint density at radius 2 is 2.07 bits per heavy atom. The van der Waals surface area contributed by atoms with Gasteiger partial charge in [0, 0.05) is 37.5 Å². The molecule has 0 radical (unpaired) electrons. The fraction of sp³-hybridized carbons (Fsp3) is 0.190. The van der Waals surface area contributed by atoms with E-state index >= 15 is 0 Å². The second-order valence-corrected chi connectivity index (χ2v) is 6.85. The molecule has 2 aromatic carbocycles. The highest BCUT2D eigenvalue weighted by Gasteiger charge is 2.12. The van der Waals surface area contributed by atoms with E-state index in [1.807, 2.05) is 41.1 Å². The smallest absolute Gasteiger partial charge is 0.224 e. The second-order valence-electron chi connectivity index (χ2n) is 6.45. The molecule has 6 nitrogen and oxygen atoms in total. The largest absolute Gasteiger partial charge is 0.328 e. The minimum absolute atomic E-state index is 0.0684. The maximum absolute atomic E-state index is 12.4. The van der Waals surface area contributed by atoms with E-state index in [9.17, 15) is 4.79 Å². The molecule has 0 saturated carbocycles. The predicted molar refractivity (Wildman–Crippen MR) is 111 cm³/mol. The molecule has 4 rings (SSSR count). The van der Waals surface area contributed by atoms with Crippen LogP contribution in [0.2, 0.25) is 5.02 Å². The van der Waals surface area contributed by atoms with Gasteiger partial charge < -0.3 is 14.5 Å². The predicted octanol–water partition coefficient (Wildman–Crippen LogP) is 4.47. The number of nitrogens with one attached hydrogen (secondary N) is 1. The summed E-state index contributed by atoms with van der Waals surface area (Å²) in [5.74, 6) is 0.855. The van der Waals surface area contributed by atoms with Crippen LogP contribution in [0.25, 0.3) is 16.7 Å². The van der Waals surface area contributed by atoms with Crippen LogP contribution in [0.1, 0.15) is 19.2 Å². The zero-order valence-electron chi connectivity index (χ0n) is 15.5. The van der Waals surface area contributed by atoms with Crippen molar-refractivity contribution in [2.24, 2.45) is 0 Å². The van der Waals surface area contributed by atoms with Crippen LogP contribution in [-0.2, 0) is 17.8 Å². The van der Waals surface area contributed by atoms with Crippen LogP contribution in [0.3, 0.4) is 0 Å². The summed E-state index contributed by atoms with van der Waals surface area (Å²) in [6.07, 6.45) is 6.12. The molecule has 2 aromatic heterocycles. The van der Waals surface area contributed by atoms with Crippen LogP contribution < -0.4 is 5.32 Å². The Bertz CT molecular complexity index is 1120. The molecule has 1 N–H and O–H groups in total. The number of anilines is 1. The average Bonchev–Trinajstić information content (AvgIpc) is 3.34. The van der Waals surface area contributed by atoms with Crippen LogP contribution in [0.5, 0.6) is 0 Å². The summed E-state index contributed by atoms with van der Waals surface area (Å²) >= 11 is 6.35. The maximum atomic E-state index is 12.4. The summed E-state index contributed by atoms with van der Waals surface area (Å²) in [6.45, 7) is 2.91. The van der Waals surface area contributed by atoms with E-state index in [1.54, 1.807) is 18.6 Å². The van der Waals surface area contributed by atoms with E-state index in [1.165, 1.54) is 0 Å². The summed E-state index contributed by atoms with van der Waals surface area (Å²) in [5.41, 5.74) is 3.54. The lowest BCUT2D eigenvalue weighted by molar-refractivity contribution is -0.116. The van der Waals surface area contributed by atoms with Gasteiger partial charge in [0.15, 0.2) is 0 Å². The Balaban J connectivity index is 1.43. The van der Waals surface area contributed by atoms with Gasteiger partial charge in [-0.05, 0) is 37.3 Å². The average molecular weight is 394 g/mol. The van der Waals surface area contributed by atoms with E-state index in [0.29, 0.717) is 23.6 Å². The van der Waals surface area contributed by atoms with Crippen molar-refractivity contribution in [3.05, 3.63) is 72.0 Å². The number of carbonyl (C=O) groups excluding carboxylic acids is 1. The van der Waals surface area contributed by atoms with Gasteiger partial charge in [-0.2, -0.15) is 0 Å². The summed E-state index contributed by atoms with van der Waals surface area (Å²) in [7, 11) is 0. The Morgan fingerprint density at radius 3 is 2.82 bits per heavy atom. The zero-order valence-corrected chi connectivity index (χ0v) is 16.2. The van der Waals surface area contributed by atoms with Gasteiger partial charge in [-0.3, -0.25) is 4.79 Å². The molecule has 0 spiro atoms. The number of carbonyl (C=O) groups is 1. The Hall–Kier alpha value is -3.12. The fourth-order valence-corrected chi connectivity index (χ4v) is 3.59. The van der Waals surface area contributed by atoms with Crippen LogP contribution in [0.4, 0.5) is 5.69 Å². The number of nitrogens with zero attached hydrogens (tertiary/aromatic N) is 4. The summed E-state index contributed by atoms with van der Waals surface area (Å²) < 4.78 is 3.97. The van der Waals surface area contributed by atoms with Crippen molar-refractivity contribution in [3.8, 4) is 5.69 Å². The number of rotatable bonds is 6. The number of aryl methyl sites for hydroxylation is 2. The van der Waals surface area contributed by atoms with Crippen LogP contribution in [0, 0.1) is 0 Å². The quantitative estimate of drug-likeness (QED) is 0.525. The van der Waals surface area contributed by atoms with Gasteiger partial charge in [0.25, 0.3) is 0 Å². The highest BCUT2D eigenvalue weighted by Crippen LogP contribution is 2.24. The number of imidazole rings is 2. The van der Waals surface area contributed by atoms with Gasteiger partial charge in [-0.1, -0.05) is 23.7 Å². The van der Waals surface area contributed by atoms with Crippen molar-refractivity contribution in [1.82, 2.24) is 19.1 Å². The van der Waals surface area contributed by atoms with Crippen molar-refractivity contribution in [1.29, 1.82) is 0 Å². The fourth-order valence-electron chi connectivity index (χ4n) is 3.31. The molecular weight excluding hydrogens is 374 g/mol. The van der Waals surface area contributed by atoms with Crippen LogP contribution in [-0.4, -0.2) is 25.0 Å². The lowest BCUT2D eigenvalue weighted by atomic mass is 10.2. The molecule has 7 heteroatoms. The Kier molecular flexibility index (Phi) is 5.12. The van der Waals surface area contributed by atoms with Gasteiger partial charge in [0.2, 0.25) is 5.91 Å². The topological polar surface area (TPSA) is 64.7 Å². The first-order valence-electron chi connectivity index (χ1n) is 9.17. The van der Waals surface area contributed by atoms with Crippen molar-refractivity contribution in [2.75, 3.05) is 5.32 Å². The normalized spacial score (nSPS) is 11.1. The third-order valence-corrected chi connectivity index (χ3v) is 4.94. The number of halogens is 1. The first-order valence-corrected chi connectivity index (χ1v) is 9.55. The summed E-state index contributed by atoms with van der Waals surface area (Å²) in [5, 5.41) is 3.46. The summed E-state index contributed by atoms with van der Waals surface area (Å²) in [4.78, 5) is 21.1. The molecule has 28 heavy (non-hydrogen) atoms. The van der Waals surface area contributed by atoms with E-state index in [4.69, 9.17) is 11.6 Å². The third kappa shape index (κ3) is 3.64. The monoisotopic (exact) mass is 393 g/mol. The van der Waals surface area contributed by atoms with E-state index < -0.39 is 0 Å². The number of amides is 1. The number of fused-ring (bicyclic) bond motifs is 1. The van der Waals surface area contributed by atoms with Gasteiger partial charge in [-0.25, -0.2) is 9.97 Å². The maximum Gasteiger partial charge on any atom is 0.224 e. The van der Waals surface area contributed by atoms with Gasteiger partial charge in [0.05, 0.1) is 28.1 Å². The first-order chi connectivity index (χ1) is 13.7.